The van der Waals surface area contributed by atoms with Crippen LogP contribution >= 0.6 is 0 Å². The van der Waals surface area contributed by atoms with Gasteiger partial charge in [0.05, 0.1) is 19.1 Å². The van der Waals surface area contributed by atoms with Crippen molar-refractivity contribution >= 4 is 28.5 Å². The Balaban J connectivity index is 1.52. The summed E-state index contributed by atoms with van der Waals surface area (Å²) in [4.78, 5) is 26.5. The second-order valence-electron chi connectivity index (χ2n) is 7.97. The standard InChI is InChI=1S/C24H29N3O3/c1-15-10-16(2)24(17(3)11-15)26-23(29)14-27(5)13-22(28)25-18(4)21-12-19-8-6-7-9-20(19)30-21/h6-12,18H,13-14H2,1-5H3,(H,25,28)(H,26,29)/t18-/m1/s1. The summed E-state index contributed by atoms with van der Waals surface area (Å²) in [6.45, 7) is 8.11. The molecule has 0 fully saturated rings. The highest BCUT2D eigenvalue weighted by Crippen LogP contribution is 2.24. The summed E-state index contributed by atoms with van der Waals surface area (Å²) in [6, 6.07) is 13.5. The third kappa shape index (κ3) is 5.27. The van der Waals surface area contributed by atoms with Gasteiger partial charge in [0.25, 0.3) is 0 Å². The van der Waals surface area contributed by atoms with Crippen LogP contribution in [0.3, 0.4) is 0 Å². The zero-order chi connectivity index (χ0) is 21.8. The number of likely N-dealkylation sites (N-methyl/N-ethyl adjacent to an activating group) is 1. The van der Waals surface area contributed by atoms with E-state index in [1.165, 1.54) is 0 Å². The Bertz CT molecular complexity index is 1010. The van der Waals surface area contributed by atoms with E-state index in [1.54, 1.807) is 11.9 Å². The number of fused-ring (bicyclic) bond motifs is 1. The Kier molecular flexibility index (Phi) is 6.57. The fourth-order valence-electron chi connectivity index (χ4n) is 3.68. The number of carbonyl (C=O) groups is 2. The summed E-state index contributed by atoms with van der Waals surface area (Å²) in [5.41, 5.74) is 4.85. The van der Waals surface area contributed by atoms with E-state index in [0.29, 0.717) is 5.76 Å². The van der Waals surface area contributed by atoms with Crippen LogP contribution in [0.4, 0.5) is 5.69 Å². The first kappa shape index (κ1) is 21.6. The first-order valence-electron chi connectivity index (χ1n) is 10.1. The van der Waals surface area contributed by atoms with Crippen LogP contribution in [0.15, 0.2) is 46.9 Å². The lowest BCUT2D eigenvalue weighted by molar-refractivity contribution is -0.123. The number of benzene rings is 2. The fourth-order valence-corrected chi connectivity index (χ4v) is 3.68. The smallest absolute Gasteiger partial charge is 0.238 e. The monoisotopic (exact) mass is 407 g/mol. The maximum Gasteiger partial charge on any atom is 0.238 e. The zero-order valence-corrected chi connectivity index (χ0v) is 18.2. The van der Waals surface area contributed by atoms with E-state index in [1.807, 2.05) is 70.2 Å². The topological polar surface area (TPSA) is 74.6 Å². The van der Waals surface area contributed by atoms with Crippen molar-refractivity contribution < 1.29 is 14.0 Å². The highest BCUT2D eigenvalue weighted by atomic mass is 16.3. The molecule has 30 heavy (non-hydrogen) atoms. The number of para-hydroxylation sites is 1. The van der Waals surface area contributed by atoms with Gasteiger partial charge in [-0.25, -0.2) is 0 Å². The Hall–Kier alpha value is -3.12. The number of anilines is 1. The molecule has 0 spiro atoms. The molecule has 0 unspecified atom stereocenters. The molecule has 2 aromatic carbocycles. The van der Waals surface area contributed by atoms with Crippen LogP contribution in [-0.2, 0) is 9.59 Å². The summed E-state index contributed by atoms with van der Waals surface area (Å²) in [5.74, 6) is 0.391. The minimum Gasteiger partial charge on any atom is -0.459 e. The molecule has 0 aliphatic heterocycles. The lowest BCUT2D eigenvalue weighted by Crippen LogP contribution is -2.39. The number of carbonyl (C=O) groups excluding carboxylic acids is 2. The van der Waals surface area contributed by atoms with Gasteiger partial charge in [-0.15, -0.1) is 0 Å². The minimum absolute atomic E-state index is 0.115. The second-order valence-corrected chi connectivity index (χ2v) is 7.97. The van der Waals surface area contributed by atoms with Gasteiger partial charge in [-0.3, -0.25) is 14.5 Å². The molecule has 1 aromatic heterocycles. The largest absolute Gasteiger partial charge is 0.459 e. The highest BCUT2D eigenvalue weighted by Gasteiger charge is 2.17. The molecule has 1 heterocycles. The van der Waals surface area contributed by atoms with Crippen LogP contribution < -0.4 is 10.6 Å². The molecule has 3 aromatic rings. The van der Waals surface area contributed by atoms with Crippen molar-refractivity contribution in [2.24, 2.45) is 0 Å². The molecule has 2 N–H and O–H groups in total. The molecule has 6 nitrogen and oxygen atoms in total. The predicted octanol–water partition coefficient (Wildman–Crippen LogP) is 4.11. The Morgan fingerprint density at radius 1 is 1.00 bits per heavy atom. The van der Waals surface area contributed by atoms with Crippen molar-refractivity contribution in [3.63, 3.8) is 0 Å². The second kappa shape index (κ2) is 9.13. The number of rotatable bonds is 7. The lowest BCUT2D eigenvalue weighted by atomic mass is 10.1. The van der Waals surface area contributed by atoms with Crippen LogP contribution in [0.25, 0.3) is 11.0 Å². The quantitative estimate of drug-likeness (QED) is 0.618. The van der Waals surface area contributed by atoms with Gasteiger partial charge in [0, 0.05) is 11.1 Å². The van der Waals surface area contributed by atoms with Crippen LogP contribution in [-0.4, -0.2) is 36.9 Å². The van der Waals surface area contributed by atoms with E-state index < -0.39 is 0 Å². The first-order chi connectivity index (χ1) is 14.2. The fraction of sp³-hybridized carbons (Fsp3) is 0.333. The van der Waals surface area contributed by atoms with Crippen molar-refractivity contribution in [3.05, 3.63) is 64.9 Å². The lowest BCUT2D eigenvalue weighted by Gasteiger charge is -2.19. The van der Waals surface area contributed by atoms with Gasteiger partial charge < -0.3 is 15.1 Å². The Labute approximate surface area is 177 Å². The predicted molar refractivity (Wildman–Crippen MR) is 120 cm³/mol. The molecule has 0 aliphatic rings. The van der Waals surface area contributed by atoms with Crippen LogP contribution in [0.5, 0.6) is 0 Å². The van der Waals surface area contributed by atoms with Crippen molar-refractivity contribution in [2.45, 2.75) is 33.7 Å². The molecule has 1 atom stereocenters. The minimum atomic E-state index is -0.259. The molecule has 158 valence electrons. The van der Waals surface area contributed by atoms with E-state index in [9.17, 15) is 9.59 Å². The number of hydrogen-bond acceptors (Lipinski definition) is 4. The van der Waals surface area contributed by atoms with Gasteiger partial charge in [0.2, 0.25) is 11.8 Å². The number of nitrogens with zero attached hydrogens (tertiary/aromatic N) is 1. The average Bonchev–Trinajstić information content (AvgIpc) is 3.08. The van der Waals surface area contributed by atoms with Gasteiger partial charge in [0.1, 0.15) is 11.3 Å². The van der Waals surface area contributed by atoms with Gasteiger partial charge in [-0.2, -0.15) is 0 Å². The van der Waals surface area contributed by atoms with E-state index in [0.717, 1.165) is 33.3 Å². The summed E-state index contributed by atoms with van der Waals surface area (Å²) >= 11 is 0. The number of aryl methyl sites for hydroxylation is 3. The van der Waals surface area contributed by atoms with E-state index in [-0.39, 0.29) is 30.9 Å². The van der Waals surface area contributed by atoms with Crippen LogP contribution in [0.2, 0.25) is 0 Å². The van der Waals surface area contributed by atoms with Crippen molar-refractivity contribution in [3.8, 4) is 0 Å². The maximum atomic E-state index is 12.4. The Morgan fingerprint density at radius 3 is 2.30 bits per heavy atom. The van der Waals surface area contributed by atoms with Gasteiger partial charge in [0.15, 0.2) is 0 Å². The number of furan rings is 1. The molecule has 0 saturated carbocycles. The van der Waals surface area contributed by atoms with Crippen molar-refractivity contribution in [1.29, 1.82) is 0 Å². The number of hydrogen-bond donors (Lipinski definition) is 2. The molecule has 6 heteroatoms. The summed E-state index contributed by atoms with van der Waals surface area (Å²) in [7, 11) is 1.75. The van der Waals surface area contributed by atoms with E-state index >= 15 is 0 Å². The third-order valence-electron chi connectivity index (χ3n) is 5.02. The van der Waals surface area contributed by atoms with Gasteiger partial charge in [-0.1, -0.05) is 35.9 Å². The first-order valence-corrected chi connectivity index (χ1v) is 10.1. The van der Waals surface area contributed by atoms with E-state index in [2.05, 4.69) is 10.6 Å². The van der Waals surface area contributed by atoms with Crippen molar-refractivity contribution in [2.75, 3.05) is 25.5 Å². The highest BCUT2D eigenvalue weighted by molar-refractivity contribution is 5.94. The van der Waals surface area contributed by atoms with Crippen molar-refractivity contribution in [1.82, 2.24) is 10.2 Å². The summed E-state index contributed by atoms with van der Waals surface area (Å²) < 4.78 is 5.80. The molecule has 0 bridgehead atoms. The molecule has 0 aliphatic carbocycles. The normalized spacial score (nSPS) is 12.2. The maximum absolute atomic E-state index is 12.4. The molecule has 0 radical (unpaired) electrons. The molecule has 2 amide bonds. The zero-order valence-electron chi connectivity index (χ0n) is 18.2. The summed E-state index contributed by atoms with van der Waals surface area (Å²) in [6.07, 6.45) is 0. The average molecular weight is 408 g/mol. The SMILES string of the molecule is Cc1cc(C)c(NC(=O)CN(C)CC(=O)N[C@H](C)c2cc3ccccc3o2)c(C)c1. The molecule has 3 rings (SSSR count). The number of amides is 2. The summed E-state index contributed by atoms with van der Waals surface area (Å²) in [5, 5.41) is 6.90. The Morgan fingerprint density at radius 2 is 1.63 bits per heavy atom. The third-order valence-corrected chi connectivity index (χ3v) is 5.02. The van der Waals surface area contributed by atoms with Gasteiger partial charge >= 0.3 is 0 Å². The van der Waals surface area contributed by atoms with Crippen LogP contribution in [0.1, 0.15) is 35.4 Å². The molecule has 0 saturated heterocycles. The number of nitrogens with one attached hydrogen (secondary N) is 2. The molecular weight excluding hydrogens is 378 g/mol. The van der Waals surface area contributed by atoms with Gasteiger partial charge in [-0.05, 0) is 58.0 Å². The molecular formula is C24H29N3O3. The van der Waals surface area contributed by atoms with E-state index in [4.69, 9.17) is 4.42 Å². The van der Waals surface area contributed by atoms with Crippen LogP contribution in [0, 0.1) is 20.8 Å².